The molecule has 152 valence electrons. The minimum absolute atomic E-state index is 0.352. The highest BCUT2D eigenvalue weighted by atomic mass is 16.5. The Labute approximate surface area is 173 Å². The SMILES string of the molecule is Cc1nc2ccccc2c(C)c1C(=O)OCC(=O)N[C@H](C)c1cc2ccccc2o1. The summed E-state index contributed by atoms with van der Waals surface area (Å²) in [4.78, 5) is 29.4. The van der Waals surface area contributed by atoms with Crippen molar-refractivity contribution >= 4 is 33.7 Å². The molecule has 0 aliphatic rings. The number of benzene rings is 2. The van der Waals surface area contributed by atoms with E-state index in [4.69, 9.17) is 9.15 Å². The zero-order valence-corrected chi connectivity index (χ0v) is 17.1. The van der Waals surface area contributed by atoms with E-state index >= 15 is 0 Å². The van der Waals surface area contributed by atoms with Crippen molar-refractivity contribution in [1.29, 1.82) is 0 Å². The largest absolute Gasteiger partial charge is 0.459 e. The zero-order valence-electron chi connectivity index (χ0n) is 17.1. The van der Waals surface area contributed by atoms with Crippen LogP contribution in [0.25, 0.3) is 21.9 Å². The van der Waals surface area contributed by atoms with Gasteiger partial charge in [-0.3, -0.25) is 9.78 Å². The van der Waals surface area contributed by atoms with Gasteiger partial charge >= 0.3 is 5.97 Å². The van der Waals surface area contributed by atoms with Crippen LogP contribution in [0, 0.1) is 13.8 Å². The number of carbonyl (C=O) groups excluding carboxylic acids is 2. The predicted molar refractivity (Wildman–Crippen MR) is 114 cm³/mol. The molecule has 0 saturated heterocycles. The first-order valence-corrected chi connectivity index (χ1v) is 9.75. The van der Waals surface area contributed by atoms with Gasteiger partial charge in [0.2, 0.25) is 0 Å². The first-order valence-electron chi connectivity index (χ1n) is 9.75. The van der Waals surface area contributed by atoms with Gasteiger partial charge in [-0.15, -0.1) is 0 Å². The molecule has 6 nitrogen and oxygen atoms in total. The molecule has 1 N–H and O–H groups in total. The Morgan fingerprint density at radius 3 is 2.63 bits per heavy atom. The number of fused-ring (bicyclic) bond motifs is 2. The van der Waals surface area contributed by atoms with E-state index in [9.17, 15) is 9.59 Å². The second-order valence-corrected chi connectivity index (χ2v) is 7.27. The van der Waals surface area contributed by atoms with Gasteiger partial charge < -0.3 is 14.5 Å². The highest BCUT2D eigenvalue weighted by Crippen LogP contribution is 2.24. The molecule has 4 aromatic rings. The standard InChI is InChI=1S/C24H22N2O4/c1-14-18-9-5-6-10-19(18)25-16(3)23(14)24(28)29-13-22(27)26-15(2)21-12-17-8-4-7-11-20(17)30-21/h4-12,15H,13H2,1-3H3,(H,26,27)/t15-/m1/s1. The maximum Gasteiger partial charge on any atom is 0.340 e. The third-order valence-electron chi connectivity index (χ3n) is 5.12. The smallest absolute Gasteiger partial charge is 0.340 e. The van der Waals surface area contributed by atoms with Gasteiger partial charge in [0.25, 0.3) is 5.91 Å². The number of nitrogens with one attached hydrogen (secondary N) is 1. The first kappa shape index (κ1) is 19.6. The average Bonchev–Trinajstić information content (AvgIpc) is 3.17. The Morgan fingerprint density at radius 2 is 1.83 bits per heavy atom. The van der Waals surface area contributed by atoms with Crippen molar-refractivity contribution in [3.63, 3.8) is 0 Å². The summed E-state index contributed by atoms with van der Waals surface area (Å²) < 4.78 is 11.0. The molecule has 0 radical (unpaired) electrons. The number of nitrogens with zero attached hydrogens (tertiary/aromatic N) is 1. The third kappa shape index (κ3) is 3.76. The summed E-state index contributed by atoms with van der Waals surface area (Å²) in [6, 6.07) is 16.8. The molecule has 4 rings (SSSR count). The molecule has 1 atom stereocenters. The number of rotatable bonds is 5. The van der Waals surface area contributed by atoms with Gasteiger partial charge in [0.15, 0.2) is 6.61 Å². The maximum absolute atomic E-state index is 12.6. The van der Waals surface area contributed by atoms with Gasteiger partial charge in [0.1, 0.15) is 11.3 Å². The number of aromatic nitrogens is 1. The molecule has 6 heteroatoms. The van der Waals surface area contributed by atoms with Gasteiger partial charge in [-0.2, -0.15) is 0 Å². The summed E-state index contributed by atoms with van der Waals surface area (Å²) in [5.74, 6) is -0.323. The molecule has 0 bridgehead atoms. The predicted octanol–water partition coefficient (Wildman–Crippen LogP) is 4.63. The molecule has 2 aromatic heterocycles. The second kappa shape index (κ2) is 7.99. The fourth-order valence-corrected chi connectivity index (χ4v) is 3.60. The highest BCUT2D eigenvalue weighted by molar-refractivity contribution is 5.99. The number of amides is 1. The Balaban J connectivity index is 1.42. The van der Waals surface area contributed by atoms with E-state index in [0.717, 1.165) is 27.4 Å². The number of para-hydroxylation sites is 2. The van der Waals surface area contributed by atoms with Gasteiger partial charge in [-0.05, 0) is 44.5 Å². The quantitative estimate of drug-likeness (QED) is 0.492. The Hall–Kier alpha value is -3.67. The summed E-state index contributed by atoms with van der Waals surface area (Å²) in [6.07, 6.45) is 0. The van der Waals surface area contributed by atoms with Crippen LogP contribution in [0.2, 0.25) is 0 Å². The van der Waals surface area contributed by atoms with Gasteiger partial charge in [-0.25, -0.2) is 4.79 Å². The van der Waals surface area contributed by atoms with E-state index in [1.807, 2.05) is 68.4 Å². The van der Waals surface area contributed by atoms with Crippen LogP contribution in [0.4, 0.5) is 0 Å². The number of hydrogen-bond acceptors (Lipinski definition) is 5. The molecule has 0 spiro atoms. The van der Waals surface area contributed by atoms with Crippen molar-refractivity contribution in [2.45, 2.75) is 26.8 Å². The van der Waals surface area contributed by atoms with Gasteiger partial charge in [0, 0.05) is 10.8 Å². The molecule has 0 aliphatic heterocycles. The molecular weight excluding hydrogens is 380 g/mol. The number of aryl methyl sites for hydroxylation is 2. The Morgan fingerprint density at radius 1 is 1.10 bits per heavy atom. The van der Waals surface area contributed by atoms with E-state index in [-0.39, 0.29) is 12.6 Å². The van der Waals surface area contributed by atoms with Crippen LogP contribution in [0.15, 0.2) is 59.0 Å². The lowest BCUT2D eigenvalue weighted by Crippen LogP contribution is -2.31. The Kier molecular flexibility index (Phi) is 5.23. The van der Waals surface area contributed by atoms with Crippen molar-refractivity contribution in [2.75, 3.05) is 6.61 Å². The number of ether oxygens (including phenoxy) is 1. The van der Waals surface area contributed by atoms with E-state index in [2.05, 4.69) is 10.3 Å². The van der Waals surface area contributed by atoms with Crippen LogP contribution in [-0.4, -0.2) is 23.5 Å². The molecule has 2 heterocycles. The first-order chi connectivity index (χ1) is 14.4. The summed E-state index contributed by atoms with van der Waals surface area (Å²) in [7, 11) is 0. The molecule has 0 saturated carbocycles. The van der Waals surface area contributed by atoms with Crippen LogP contribution in [0.1, 0.15) is 40.3 Å². The molecule has 0 fully saturated rings. The molecular formula is C24H22N2O4. The fourth-order valence-electron chi connectivity index (χ4n) is 3.60. The normalized spacial score (nSPS) is 12.1. The number of hydrogen-bond donors (Lipinski definition) is 1. The van der Waals surface area contributed by atoms with Crippen molar-refractivity contribution in [1.82, 2.24) is 10.3 Å². The van der Waals surface area contributed by atoms with E-state index in [1.54, 1.807) is 6.92 Å². The van der Waals surface area contributed by atoms with E-state index in [0.29, 0.717) is 17.0 Å². The number of furan rings is 1. The van der Waals surface area contributed by atoms with Crippen molar-refractivity contribution < 1.29 is 18.7 Å². The summed E-state index contributed by atoms with van der Waals surface area (Å²) in [5.41, 5.74) is 3.34. The lowest BCUT2D eigenvalue weighted by atomic mass is 10.0. The molecule has 1 amide bonds. The maximum atomic E-state index is 12.6. The van der Waals surface area contributed by atoms with Crippen molar-refractivity contribution in [2.24, 2.45) is 0 Å². The second-order valence-electron chi connectivity index (χ2n) is 7.27. The lowest BCUT2D eigenvalue weighted by molar-refractivity contribution is -0.125. The number of carbonyl (C=O) groups is 2. The zero-order chi connectivity index (χ0) is 21.3. The summed E-state index contributed by atoms with van der Waals surface area (Å²) in [5, 5.41) is 4.65. The summed E-state index contributed by atoms with van der Waals surface area (Å²) >= 11 is 0. The van der Waals surface area contributed by atoms with Crippen LogP contribution in [0.3, 0.4) is 0 Å². The molecule has 2 aromatic carbocycles. The average molecular weight is 402 g/mol. The molecule has 30 heavy (non-hydrogen) atoms. The Bertz CT molecular complexity index is 1230. The number of pyridine rings is 1. The van der Waals surface area contributed by atoms with E-state index in [1.165, 1.54) is 0 Å². The van der Waals surface area contributed by atoms with E-state index < -0.39 is 11.9 Å². The molecule has 0 aliphatic carbocycles. The highest BCUT2D eigenvalue weighted by Gasteiger charge is 2.20. The van der Waals surface area contributed by atoms with Crippen molar-refractivity contribution in [3.8, 4) is 0 Å². The van der Waals surface area contributed by atoms with Crippen molar-refractivity contribution in [3.05, 3.63) is 77.2 Å². The van der Waals surface area contributed by atoms with Crippen LogP contribution >= 0.6 is 0 Å². The monoisotopic (exact) mass is 402 g/mol. The van der Waals surface area contributed by atoms with Gasteiger partial charge in [0.05, 0.1) is 22.8 Å². The summed E-state index contributed by atoms with van der Waals surface area (Å²) in [6.45, 7) is 5.06. The lowest BCUT2D eigenvalue weighted by Gasteiger charge is -2.14. The fraction of sp³-hybridized carbons (Fsp3) is 0.208. The number of esters is 1. The molecule has 0 unspecified atom stereocenters. The van der Waals surface area contributed by atoms with Crippen LogP contribution < -0.4 is 5.32 Å². The van der Waals surface area contributed by atoms with Crippen LogP contribution in [0.5, 0.6) is 0 Å². The van der Waals surface area contributed by atoms with Gasteiger partial charge in [-0.1, -0.05) is 36.4 Å². The minimum Gasteiger partial charge on any atom is -0.459 e. The third-order valence-corrected chi connectivity index (χ3v) is 5.12. The minimum atomic E-state index is -0.560. The topological polar surface area (TPSA) is 81.4 Å². The van der Waals surface area contributed by atoms with Crippen LogP contribution in [-0.2, 0) is 9.53 Å².